The van der Waals surface area contributed by atoms with Gasteiger partial charge >= 0.3 is 0 Å². The summed E-state index contributed by atoms with van der Waals surface area (Å²) in [5.41, 5.74) is 1.50. The van der Waals surface area contributed by atoms with E-state index in [1.165, 1.54) is 42.6 Å². The molecule has 0 aliphatic heterocycles. The first-order valence-electron chi connectivity index (χ1n) is 9.11. The maximum absolute atomic E-state index is 12.5. The van der Waals surface area contributed by atoms with Crippen LogP contribution in [0.15, 0.2) is 83.9 Å². The number of phenolic OH excluding ortho intramolecular Hbond substituents is 1. The van der Waals surface area contributed by atoms with E-state index in [0.29, 0.717) is 16.9 Å². The number of rotatable bonds is 6. The third kappa shape index (κ3) is 4.54. The molecule has 0 atom stereocenters. The Morgan fingerprint density at radius 1 is 0.968 bits per heavy atom. The number of amides is 1. The maximum atomic E-state index is 12.5. The number of hydrogen-bond acceptors (Lipinski definition) is 6. The number of aromatic nitrogens is 3. The number of nitrogens with zero attached hydrogens (tertiary/aromatic N) is 2. The number of carbonyl (C=O) groups excluding carboxylic acids is 1. The van der Waals surface area contributed by atoms with Gasteiger partial charge in [0, 0.05) is 17.4 Å². The second kappa shape index (κ2) is 8.28. The minimum atomic E-state index is -3.81. The number of carbonyl (C=O) groups is 1. The zero-order chi connectivity index (χ0) is 21.8. The molecule has 2 aromatic carbocycles. The number of sulfonamides is 1. The van der Waals surface area contributed by atoms with Crippen molar-refractivity contribution < 1.29 is 18.3 Å². The van der Waals surface area contributed by atoms with Crippen LogP contribution in [-0.2, 0) is 10.0 Å². The Bertz CT molecular complexity index is 1320. The Morgan fingerprint density at radius 2 is 1.71 bits per heavy atom. The SMILES string of the molecule is O=C(Nc1ccc(S(=O)(=O)Nc2ccccn2)cc1)c1cc(-c2ccccc2O)n[nH]1. The van der Waals surface area contributed by atoms with Gasteiger partial charge in [-0.05, 0) is 54.6 Å². The van der Waals surface area contributed by atoms with Crippen molar-refractivity contribution in [1.29, 1.82) is 0 Å². The van der Waals surface area contributed by atoms with Gasteiger partial charge < -0.3 is 10.4 Å². The number of phenols is 1. The Balaban J connectivity index is 1.46. The van der Waals surface area contributed by atoms with E-state index in [1.807, 2.05) is 0 Å². The van der Waals surface area contributed by atoms with Gasteiger partial charge in [-0.2, -0.15) is 5.10 Å². The minimum absolute atomic E-state index is 0.0273. The number of aromatic hydroxyl groups is 1. The predicted octanol–water partition coefficient (Wildman–Crippen LogP) is 3.23. The standard InChI is InChI=1S/C21H17N5O4S/c27-19-6-2-1-5-16(19)17-13-18(25-24-17)21(28)23-14-8-10-15(11-9-14)31(29,30)26-20-7-3-4-12-22-20/h1-13,27H,(H,22,26)(H,23,28)(H,24,25). The smallest absolute Gasteiger partial charge is 0.273 e. The van der Waals surface area contributed by atoms with Gasteiger partial charge in [0.15, 0.2) is 0 Å². The van der Waals surface area contributed by atoms with Crippen molar-refractivity contribution in [2.24, 2.45) is 0 Å². The van der Waals surface area contributed by atoms with E-state index in [1.54, 1.807) is 36.4 Å². The average molecular weight is 435 g/mol. The molecule has 0 bridgehead atoms. The van der Waals surface area contributed by atoms with E-state index in [4.69, 9.17) is 0 Å². The van der Waals surface area contributed by atoms with Gasteiger partial charge in [-0.15, -0.1) is 0 Å². The summed E-state index contributed by atoms with van der Waals surface area (Å²) in [6, 6.07) is 18.8. The molecule has 0 aliphatic carbocycles. The molecule has 10 heteroatoms. The highest BCUT2D eigenvalue weighted by Gasteiger charge is 2.16. The molecule has 0 spiro atoms. The molecule has 4 rings (SSSR count). The number of H-pyrrole nitrogens is 1. The number of nitrogens with one attached hydrogen (secondary N) is 3. The summed E-state index contributed by atoms with van der Waals surface area (Å²) >= 11 is 0. The summed E-state index contributed by atoms with van der Waals surface area (Å²) in [4.78, 5) is 16.4. The largest absolute Gasteiger partial charge is 0.507 e. The normalized spacial score (nSPS) is 11.1. The first-order chi connectivity index (χ1) is 14.9. The lowest BCUT2D eigenvalue weighted by molar-refractivity contribution is 0.102. The van der Waals surface area contributed by atoms with Crippen molar-refractivity contribution in [1.82, 2.24) is 15.2 Å². The third-order valence-corrected chi connectivity index (χ3v) is 5.70. The van der Waals surface area contributed by atoms with Crippen LogP contribution in [0.4, 0.5) is 11.5 Å². The Hall–Kier alpha value is -4.18. The maximum Gasteiger partial charge on any atom is 0.273 e. The topological polar surface area (TPSA) is 137 Å². The Kier molecular flexibility index (Phi) is 5.37. The van der Waals surface area contributed by atoms with Crippen LogP contribution < -0.4 is 10.0 Å². The first kappa shape index (κ1) is 20.1. The molecular weight excluding hydrogens is 418 g/mol. The van der Waals surface area contributed by atoms with Gasteiger partial charge in [0.05, 0.1) is 10.6 Å². The second-order valence-electron chi connectivity index (χ2n) is 6.48. The number of hydrogen-bond donors (Lipinski definition) is 4. The summed E-state index contributed by atoms with van der Waals surface area (Å²) in [6.45, 7) is 0. The highest BCUT2D eigenvalue weighted by molar-refractivity contribution is 7.92. The molecule has 4 N–H and O–H groups in total. The van der Waals surface area contributed by atoms with Gasteiger partial charge in [-0.3, -0.25) is 14.6 Å². The van der Waals surface area contributed by atoms with Crippen LogP contribution in [0.5, 0.6) is 5.75 Å². The predicted molar refractivity (Wildman–Crippen MR) is 115 cm³/mol. The fourth-order valence-corrected chi connectivity index (χ4v) is 3.81. The van der Waals surface area contributed by atoms with E-state index in [0.717, 1.165) is 0 Å². The average Bonchev–Trinajstić information content (AvgIpc) is 3.25. The van der Waals surface area contributed by atoms with E-state index in [9.17, 15) is 18.3 Å². The zero-order valence-electron chi connectivity index (χ0n) is 16.0. The fourth-order valence-electron chi connectivity index (χ4n) is 2.80. The Morgan fingerprint density at radius 3 is 2.42 bits per heavy atom. The van der Waals surface area contributed by atoms with Crippen molar-refractivity contribution in [3.05, 3.63) is 84.7 Å². The lowest BCUT2D eigenvalue weighted by atomic mass is 10.1. The van der Waals surface area contributed by atoms with Gasteiger partial charge in [0.1, 0.15) is 17.3 Å². The lowest BCUT2D eigenvalue weighted by Gasteiger charge is -2.08. The lowest BCUT2D eigenvalue weighted by Crippen LogP contribution is -2.15. The van der Waals surface area contributed by atoms with Gasteiger partial charge in [-0.25, -0.2) is 13.4 Å². The third-order valence-electron chi connectivity index (χ3n) is 4.33. The molecule has 0 radical (unpaired) electrons. The number of anilines is 2. The zero-order valence-corrected chi connectivity index (χ0v) is 16.8. The number of pyridine rings is 1. The molecule has 1 amide bonds. The second-order valence-corrected chi connectivity index (χ2v) is 8.17. The van der Waals surface area contributed by atoms with Crippen molar-refractivity contribution >= 4 is 27.4 Å². The summed E-state index contributed by atoms with van der Waals surface area (Å²) < 4.78 is 27.3. The number of para-hydroxylation sites is 1. The van der Waals surface area contributed by atoms with Crippen molar-refractivity contribution in [3.8, 4) is 17.0 Å². The van der Waals surface area contributed by atoms with Gasteiger partial charge in [0.25, 0.3) is 15.9 Å². The molecule has 0 saturated heterocycles. The van der Waals surface area contributed by atoms with Crippen LogP contribution in [0.3, 0.4) is 0 Å². The molecule has 9 nitrogen and oxygen atoms in total. The molecule has 0 fully saturated rings. The van der Waals surface area contributed by atoms with E-state index >= 15 is 0 Å². The summed E-state index contributed by atoms with van der Waals surface area (Å²) in [5, 5.41) is 19.3. The summed E-state index contributed by atoms with van der Waals surface area (Å²) in [6.07, 6.45) is 1.48. The molecular formula is C21H17N5O4S. The number of aromatic amines is 1. The molecule has 0 saturated carbocycles. The molecule has 156 valence electrons. The van der Waals surface area contributed by atoms with E-state index in [2.05, 4.69) is 25.2 Å². The van der Waals surface area contributed by atoms with Crippen LogP contribution in [0.2, 0.25) is 0 Å². The number of benzene rings is 2. The van der Waals surface area contributed by atoms with Crippen molar-refractivity contribution in [2.45, 2.75) is 4.90 Å². The van der Waals surface area contributed by atoms with E-state index < -0.39 is 15.9 Å². The van der Waals surface area contributed by atoms with Crippen LogP contribution in [-0.4, -0.2) is 34.6 Å². The van der Waals surface area contributed by atoms with Crippen molar-refractivity contribution in [2.75, 3.05) is 10.0 Å². The van der Waals surface area contributed by atoms with E-state index in [-0.39, 0.29) is 22.2 Å². The van der Waals surface area contributed by atoms with Gasteiger partial charge in [0.2, 0.25) is 0 Å². The van der Waals surface area contributed by atoms with Gasteiger partial charge in [-0.1, -0.05) is 18.2 Å². The molecule has 0 unspecified atom stereocenters. The molecule has 2 aromatic heterocycles. The van der Waals surface area contributed by atoms with Crippen LogP contribution in [0, 0.1) is 0 Å². The molecule has 0 aliphatic rings. The highest BCUT2D eigenvalue weighted by Crippen LogP contribution is 2.27. The molecule has 31 heavy (non-hydrogen) atoms. The monoisotopic (exact) mass is 435 g/mol. The van der Waals surface area contributed by atoms with Crippen LogP contribution in [0.25, 0.3) is 11.3 Å². The molecule has 2 heterocycles. The first-order valence-corrected chi connectivity index (χ1v) is 10.6. The summed E-state index contributed by atoms with van der Waals surface area (Å²) in [7, 11) is -3.81. The quantitative estimate of drug-likeness (QED) is 0.367. The Labute approximate surface area is 177 Å². The van der Waals surface area contributed by atoms with Crippen LogP contribution >= 0.6 is 0 Å². The van der Waals surface area contributed by atoms with Crippen LogP contribution in [0.1, 0.15) is 10.5 Å². The highest BCUT2D eigenvalue weighted by atomic mass is 32.2. The summed E-state index contributed by atoms with van der Waals surface area (Å²) in [5.74, 6) is -0.201. The molecule has 4 aromatic rings. The minimum Gasteiger partial charge on any atom is -0.507 e. The van der Waals surface area contributed by atoms with Crippen molar-refractivity contribution in [3.63, 3.8) is 0 Å². The fraction of sp³-hybridized carbons (Fsp3) is 0.